The van der Waals surface area contributed by atoms with Gasteiger partial charge < -0.3 is 13.7 Å². The Balaban J connectivity index is 1.08. The molecule has 0 aliphatic heterocycles. The molecule has 5 heteroatoms. The Morgan fingerprint density at radius 3 is 1.98 bits per heavy atom. The van der Waals surface area contributed by atoms with Gasteiger partial charge in [-0.25, -0.2) is 4.39 Å². The Hall–Kier alpha value is -6.69. The average molecular weight is 702 g/mol. The molecular formula is C48H28FNO2S. The zero-order chi connectivity index (χ0) is 35.0. The van der Waals surface area contributed by atoms with Crippen molar-refractivity contribution in [3.63, 3.8) is 0 Å². The molecule has 53 heavy (non-hydrogen) atoms. The molecule has 0 saturated heterocycles. The minimum absolute atomic E-state index is 0.280. The Bertz CT molecular complexity index is 3190. The first-order valence-electron chi connectivity index (χ1n) is 17.6. The van der Waals surface area contributed by atoms with Gasteiger partial charge in [0.1, 0.15) is 22.6 Å². The first-order valence-corrected chi connectivity index (χ1v) is 18.4. The summed E-state index contributed by atoms with van der Waals surface area (Å²) >= 11 is 1.84. The molecule has 0 radical (unpaired) electrons. The normalized spacial score (nSPS) is 11.9. The number of hydrogen-bond acceptors (Lipinski definition) is 4. The molecule has 250 valence electrons. The fraction of sp³-hybridized carbons (Fsp3) is 0. The second kappa shape index (κ2) is 11.7. The maximum atomic E-state index is 14.1. The molecule has 11 rings (SSSR count). The lowest BCUT2D eigenvalue weighted by Crippen LogP contribution is -2.10. The molecule has 3 nitrogen and oxygen atoms in total. The summed E-state index contributed by atoms with van der Waals surface area (Å²) in [5.74, 6) is -0.280. The van der Waals surface area contributed by atoms with Crippen LogP contribution in [0.2, 0.25) is 0 Å². The monoisotopic (exact) mass is 701 g/mol. The fourth-order valence-corrected chi connectivity index (χ4v) is 9.01. The molecule has 0 saturated carbocycles. The van der Waals surface area contributed by atoms with Crippen molar-refractivity contribution in [1.29, 1.82) is 0 Å². The molecule has 0 fully saturated rings. The number of anilines is 3. The van der Waals surface area contributed by atoms with Crippen LogP contribution in [0, 0.1) is 5.82 Å². The van der Waals surface area contributed by atoms with E-state index in [1.54, 1.807) is 12.1 Å². The first kappa shape index (κ1) is 30.0. The number of hydrogen-bond donors (Lipinski definition) is 0. The van der Waals surface area contributed by atoms with Gasteiger partial charge in [-0.3, -0.25) is 0 Å². The fourth-order valence-electron chi connectivity index (χ4n) is 7.92. The molecule has 0 aliphatic carbocycles. The number of furan rings is 2. The summed E-state index contributed by atoms with van der Waals surface area (Å²) in [6.45, 7) is 0. The first-order chi connectivity index (χ1) is 26.2. The van der Waals surface area contributed by atoms with E-state index in [9.17, 15) is 4.39 Å². The van der Waals surface area contributed by atoms with Crippen LogP contribution in [0.1, 0.15) is 0 Å². The molecule has 0 N–H and O–H groups in total. The van der Waals surface area contributed by atoms with E-state index < -0.39 is 0 Å². The highest BCUT2D eigenvalue weighted by Crippen LogP contribution is 2.46. The SMILES string of the molecule is Fc1ccc(N(c2ccccc2)c2cccc3c2oc2cccc(-c4cccc5c4oc4ccc(-c6ccc7sc8ccccc8c7c6)cc45)c23)cc1. The molecule has 3 heterocycles. The van der Waals surface area contributed by atoms with E-state index in [2.05, 4.69) is 108 Å². The van der Waals surface area contributed by atoms with Gasteiger partial charge >= 0.3 is 0 Å². The molecule has 11 aromatic rings. The predicted octanol–water partition coefficient (Wildman–Crippen LogP) is 14.8. The van der Waals surface area contributed by atoms with Crippen molar-refractivity contribution in [2.45, 2.75) is 0 Å². The van der Waals surface area contributed by atoms with Gasteiger partial charge in [-0.05, 0) is 95.6 Å². The topological polar surface area (TPSA) is 29.5 Å². The van der Waals surface area contributed by atoms with Gasteiger partial charge in [-0.1, -0.05) is 91.0 Å². The minimum Gasteiger partial charge on any atom is -0.455 e. The van der Waals surface area contributed by atoms with E-state index in [4.69, 9.17) is 8.83 Å². The summed E-state index contributed by atoms with van der Waals surface area (Å²) in [6, 6.07) is 57.4. The second-order valence-electron chi connectivity index (χ2n) is 13.4. The zero-order valence-electron chi connectivity index (χ0n) is 28.2. The molecule has 0 atom stereocenters. The standard InChI is InChI=1S/C48H28FNO2S/c49-31-21-23-33(24-22-31)50(32-9-2-1-3-10-32)41-16-7-15-38-46-35(12-8-17-43(46)52-48(38)41)36-13-6-14-37-39-27-29(19-25-42(39)51-47(36)37)30-20-26-45-40(28-30)34-11-4-5-18-44(34)53-45/h1-28H. The van der Waals surface area contributed by atoms with Gasteiger partial charge in [0.25, 0.3) is 0 Å². The second-order valence-corrected chi connectivity index (χ2v) is 14.5. The lowest BCUT2D eigenvalue weighted by atomic mass is 9.96. The van der Waals surface area contributed by atoms with Gasteiger partial charge in [-0.2, -0.15) is 0 Å². The Labute approximate surface area is 307 Å². The van der Waals surface area contributed by atoms with Gasteiger partial charge in [0.15, 0.2) is 5.58 Å². The zero-order valence-corrected chi connectivity index (χ0v) is 29.0. The van der Waals surface area contributed by atoms with Crippen LogP contribution < -0.4 is 4.90 Å². The Morgan fingerprint density at radius 2 is 1.09 bits per heavy atom. The van der Waals surface area contributed by atoms with Crippen LogP contribution in [-0.2, 0) is 0 Å². The van der Waals surface area contributed by atoms with Crippen molar-refractivity contribution >= 4 is 92.4 Å². The highest BCUT2D eigenvalue weighted by Gasteiger charge is 2.22. The van der Waals surface area contributed by atoms with Crippen molar-refractivity contribution in [2.24, 2.45) is 0 Å². The van der Waals surface area contributed by atoms with Crippen LogP contribution >= 0.6 is 11.3 Å². The highest BCUT2D eigenvalue weighted by molar-refractivity contribution is 7.25. The minimum atomic E-state index is -0.280. The molecule has 8 aromatic carbocycles. The number of halogens is 1. The third-order valence-corrected chi connectivity index (χ3v) is 11.5. The number of para-hydroxylation sites is 3. The molecule has 0 amide bonds. The summed E-state index contributed by atoms with van der Waals surface area (Å²) < 4.78 is 30.1. The van der Waals surface area contributed by atoms with Crippen LogP contribution in [0.25, 0.3) is 86.3 Å². The summed E-state index contributed by atoms with van der Waals surface area (Å²) in [7, 11) is 0. The lowest BCUT2D eigenvalue weighted by molar-refractivity contribution is 0.628. The van der Waals surface area contributed by atoms with Crippen molar-refractivity contribution < 1.29 is 13.2 Å². The molecular weight excluding hydrogens is 674 g/mol. The predicted molar refractivity (Wildman–Crippen MR) is 219 cm³/mol. The van der Waals surface area contributed by atoms with Crippen LogP contribution in [0.15, 0.2) is 179 Å². The number of rotatable bonds is 5. The van der Waals surface area contributed by atoms with Crippen molar-refractivity contribution in [3.05, 3.63) is 176 Å². The summed E-state index contributed by atoms with van der Waals surface area (Å²) in [5.41, 5.74) is 10.2. The third-order valence-electron chi connectivity index (χ3n) is 10.3. The van der Waals surface area contributed by atoms with Gasteiger partial charge in [-0.15, -0.1) is 11.3 Å². The van der Waals surface area contributed by atoms with Crippen LogP contribution in [0.4, 0.5) is 21.5 Å². The molecule has 0 unspecified atom stereocenters. The smallest absolute Gasteiger partial charge is 0.159 e. The molecule has 0 spiro atoms. The van der Waals surface area contributed by atoms with Gasteiger partial charge in [0.05, 0.1) is 5.69 Å². The Kier molecular flexibility index (Phi) is 6.60. The average Bonchev–Trinajstić information content (AvgIpc) is 3.90. The quantitative estimate of drug-likeness (QED) is 0.179. The van der Waals surface area contributed by atoms with E-state index in [0.717, 1.165) is 77.6 Å². The molecule has 3 aromatic heterocycles. The van der Waals surface area contributed by atoms with Crippen LogP contribution in [0.5, 0.6) is 0 Å². The Morgan fingerprint density at radius 1 is 0.434 bits per heavy atom. The summed E-state index contributed by atoms with van der Waals surface area (Å²) in [6.07, 6.45) is 0. The number of fused-ring (bicyclic) bond motifs is 9. The number of benzene rings is 8. The van der Waals surface area contributed by atoms with E-state index in [1.165, 1.54) is 37.9 Å². The van der Waals surface area contributed by atoms with E-state index in [0.29, 0.717) is 0 Å². The largest absolute Gasteiger partial charge is 0.455 e. The summed E-state index contributed by atoms with van der Waals surface area (Å²) in [5, 5.41) is 6.74. The van der Waals surface area contributed by atoms with Gasteiger partial charge in [0.2, 0.25) is 0 Å². The number of nitrogens with zero attached hydrogens (tertiary/aromatic N) is 1. The molecule has 0 aliphatic rings. The van der Waals surface area contributed by atoms with E-state index >= 15 is 0 Å². The maximum Gasteiger partial charge on any atom is 0.159 e. The van der Waals surface area contributed by atoms with E-state index in [1.807, 2.05) is 53.8 Å². The maximum absolute atomic E-state index is 14.1. The van der Waals surface area contributed by atoms with Crippen LogP contribution in [-0.4, -0.2) is 0 Å². The lowest BCUT2D eigenvalue weighted by Gasteiger charge is -2.25. The third kappa shape index (κ3) is 4.71. The van der Waals surface area contributed by atoms with E-state index in [-0.39, 0.29) is 5.82 Å². The van der Waals surface area contributed by atoms with Crippen molar-refractivity contribution in [2.75, 3.05) is 4.90 Å². The van der Waals surface area contributed by atoms with Crippen molar-refractivity contribution in [1.82, 2.24) is 0 Å². The summed E-state index contributed by atoms with van der Waals surface area (Å²) in [4.78, 5) is 2.11. The van der Waals surface area contributed by atoms with Gasteiger partial charge in [0, 0.05) is 58.7 Å². The van der Waals surface area contributed by atoms with Crippen molar-refractivity contribution in [3.8, 4) is 22.3 Å². The molecule has 0 bridgehead atoms. The number of thiophene rings is 1. The highest BCUT2D eigenvalue weighted by atomic mass is 32.1. The van der Waals surface area contributed by atoms with Crippen LogP contribution in [0.3, 0.4) is 0 Å².